The van der Waals surface area contributed by atoms with Gasteiger partial charge in [-0.1, -0.05) is 30.3 Å². The molecule has 0 spiro atoms. The molecule has 3 fully saturated rings. The Kier molecular flexibility index (Phi) is 7.09. The standard InChI is InChI=1S/C28H28F2NO2S2/c29-23-6-1-4-20(14-23)28(21-5-2-7-24(30)15-21)33-27(34)16-22-17-31(11-9-19(22)10-12-31)18-25(32)26-8-3-13-35-26/h1-8,13-15,19,22,28H,9-12,16-18H2/q+1/t19?,22-,31?/m0/s1. The molecule has 0 unspecified atom stereocenters. The third-order valence-corrected chi connectivity index (χ3v) is 8.67. The molecule has 35 heavy (non-hydrogen) atoms. The van der Waals surface area contributed by atoms with Crippen LogP contribution in [0.1, 0.15) is 46.2 Å². The predicted molar refractivity (Wildman–Crippen MR) is 138 cm³/mol. The Morgan fingerprint density at radius 2 is 1.69 bits per heavy atom. The largest absolute Gasteiger partial charge is 0.474 e. The first-order chi connectivity index (χ1) is 16.9. The van der Waals surface area contributed by atoms with Crippen molar-refractivity contribution in [3.8, 4) is 0 Å². The summed E-state index contributed by atoms with van der Waals surface area (Å²) in [7, 11) is 0. The lowest BCUT2D eigenvalue weighted by atomic mass is 9.75. The van der Waals surface area contributed by atoms with Gasteiger partial charge in [0.05, 0.1) is 24.5 Å². The second-order valence-electron chi connectivity index (χ2n) is 9.81. The smallest absolute Gasteiger partial charge is 0.226 e. The van der Waals surface area contributed by atoms with E-state index in [-0.39, 0.29) is 17.4 Å². The molecule has 3 aliphatic heterocycles. The molecule has 0 amide bonds. The third kappa shape index (κ3) is 5.52. The van der Waals surface area contributed by atoms with Crippen LogP contribution < -0.4 is 0 Å². The zero-order valence-electron chi connectivity index (χ0n) is 19.4. The number of quaternary nitrogens is 1. The van der Waals surface area contributed by atoms with Crippen LogP contribution in [0.2, 0.25) is 0 Å². The van der Waals surface area contributed by atoms with Crippen molar-refractivity contribution in [1.29, 1.82) is 0 Å². The summed E-state index contributed by atoms with van der Waals surface area (Å²) >= 11 is 7.20. The van der Waals surface area contributed by atoms with E-state index in [1.54, 1.807) is 24.3 Å². The Morgan fingerprint density at radius 1 is 1.03 bits per heavy atom. The van der Waals surface area contributed by atoms with Gasteiger partial charge in [-0.15, -0.1) is 11.3 Å². The van der Waals surface area contributed by atoms with E-state index in [0.717, 1.165) is 41.8 Å². The molecular weight excluding hydrogens is 484 g/mol. The molecule has 3 nitrogen and oxygen atoms in total. The molecule has 0 saturated carbocycles. The number of benzene rings is 2. The second-order valence-corrected chi connectivity index (χ2v) is 11.2. The molecule has 1 atom stereocenters. The van der Waals surface area contributed by atoms with E-state index in [1.807, 2.05) is 17.5 Å². The van der Waals surface area contributed by atoms with Crippen molar-refractivity contribution in [1.82, 2.24) is 0 Å². The molecule has 0 N–H and O–H groups in total. The van der Waals surface area contributed by atoms with Crippen LogP contribution in [0.25, 0.3) is 0 Å². The van der Waals surface area contributed by atoms with E-state index in [9.17, 15) is 13.6 Å². The highest BCUT2D eigenvalue weighted by atomic mass is 32.1. The lowest BCUT2D eigenvalue weighted by molar-refractivity contribution is -0.939. The number of ether oxygens (including phenoxy) is 1. The van der Waals surface area contributed by atoms with Crippen LogP contribution in [0.5, 0.6) is 0 Å². The van der Waals surface area contributed by atoms with E-state index < -0.39 is 6.10 Å². The monoisotopic (exact) mass is 512 g/mol. The van der Waals surface area contributed by atoms with Crippen molar-refractivity contribution in [2.45, 2.75) is 25.4 Å². The van der Waals surface area contributed by atoms with Crippen molar-refractivity contribution in [3.63, 3.8) is 0 Å². The number of ketones is 1. The zero-order valence-corrected chi connectivity index (χ0v) is 21.0. The summed E-state index contributed by atoms with van der Waals surface area (Å²) in [5.41, 5.74) is 1.19. The lowest BCUT2D eigenvalue weighted by Crippen LogP contribution is -2.63. The van der Waals surface area contributed by atoms with Crippen LogP contribution in [0.3, 0.4) is 0 Å². The summed E-state index contributed by atoms with van der Waals surface area (Å²) in [5, 5.41) is 2.40. The van der Waals surface area contributed by atoms with Gasteiger partial charge in [0.25, 0.3) is 0 Å². The van der Waals surface area contributed by atoms with Crippen LogP contribution >= 0.6 is 23.6 Å². The molecule has 3 aromatic rings. The van der Waals surface area contributed by atoms with Crippen molar-refractivity contribution in [2.24, 2.45) is 11.8 Å². The minimum atomic E-state index is -0.682. The highest BCUT2D eigenvalue weighted by Crippen LogP contribution is 2.40. The van der Waals surface area contributed by atoms with Gasteiger partial charge < -0.3 is 9.22 Å². The highest BCUT2D eigenvalue weighted by Gasteiger charge is 2.47. The minimum Gasteiger partial charge on any atom is -0.474 e. The van der Waals surface area contributed by atoms with E-state index in [1.165, 1.54) is 35.6 Å². The van der Waals surface area contributed by atoms with Gasteiger partial charge in [0, 0.05) is 25.2 Å². The van der Waals surface area contributed by atoms with Gasteiger partial charge in [0.1, 0.15) is 24.3 Å². The number of carbonyl (C=O) groups is 1. The summed E-state index contributed by atoms with van der Waals surface area (Å²) in [6.45, 7) is 3.50. The number of nitrogens with zero attached hydrogens (tertiary/aromatic N) is 1. The van der Waals surface area contributed by atoms with Crippen LogP contribution in [0.4, 0.5) is 8.78 Å². The molecule has 6 rings (SSSR count). The average molecular weight is 513 g/mol. The second kappa shape index (κ2) is 10.2. The summed E-state index contributed by atoms with van der Waals surface area (Å²) in [4.78, 5) is 13.7. The third-order valence-electron chi connectivity index (χ3n) is 7.49. The fourth-order valence-corrected chi connectivity index (χ4v) is 6.74. The number of Topliss-reactive ketones (excluding diaryl/α,β-unsaturated/α-hetero) is 1. The zero-order chi connectivity index (χ0) is 24.4. The van der Waals surface area contributed by atoms with E-state index in [0.29, 0.717) is 41.0 Å². The van der Waals surface area contributed by atoms with E-state index >= 15 is 0 Å². The molecule has 3 aliphatic rings. The molecule has 7 heteroatoms. The number of thiophene rings is 1. The predicted octanol–water partition coefficient (Wildman–Crippen LogP) is 6.59. The summed E-state index contributed by atoms with van der Waals surface area (Å²) < 4.78 is 35.0. The van der Waals surface area contributed by atoms with Gasteiger partial charge in [0.15, 0.2) is 5.05 Å². The summed E-state index contributed by atoms with van der Waals surface area (Å²) in [6, 6.07) is 16.2. The van der Waals surface area contributed by atoms with Gasteiger partial charge in [-0.3, -0.25) is 4.79 Å². The molecule has 2 bridgehead atoms. The van der Waals surface area contributed by atoms with Crippen molar-refractivity contribution in [2.75, 3.05) is 26.2 Å². The SMILES string of the molecule is O=C(C[N+]12CCC(CC1)[C@@H](CC(=S)OC(c1cccc(F)c1)c1cccc(F)c1)C2)c1cccs1. The number of fused-ring (bicyclic) bond motifs is 3. The molecule has 182 valence electrons. The maximum absolute atomic E-state index is 14.0. The Bertz CT molecular complexity index is 1160. The number of rotatable bonds is 8. The Hall–Kier alpha value is -2.48. The molecule has 3 saturated heterocycles. The van der Waals surface area contributed by atoms with Crippen molar-refractivity contribution >= 4 is 34.4 Å². The van der Waals surface area contributed by atoms with E-state index in [2.05, 4.69) is 0 Å². The average Bonchev–Trinajstić information content (AvgIpc) is 3.38. The maximum Gasteiger partial charge on any atom is 0.226 e. The van der Waals surface area contributed by atoms with Crippen molar-refractivity contribution < 1.29 is 22.8 Å². The number of piperidine rings is 3. The topological polar surface area (TPSA) is 26.3 Å². The molecule has 4 heterocycles. The van der Waals surface area contributed by atoms with Crippen LogP contribution in [-0.2, 0) is 4.74 Å². The fourth-order valence-electron chi connectivity index (χ4n) is 5.77. The van der Waals surface area contributed by atoms with Gasteiger partial charge >= 0.3 is 0 Å². The van der Waals surface area contributed by atoms with Gasteiger partial charge in [-0.2, -0.15) is 0 Å². The molecule has 2 aromatic carbocycles. The molecule has 0 radical (unpaired) electrons. The first kappa shape index (κ1) is 24.2. The molecule has 0 aliphatic carbocycles. The number of thiocarbonyl (C=S) groups is 1. The Labute approximate surface area is 213 Å². The van der Waals surface area contributed by atoms with Gasteiger partial charge in [-0.05, 0) is 65.0 Å². The number of hydrogen-bond acceptors (Lipinski definition) is 4. The normalized spacial score (nSPS) is 23.4. The molecule has 1 aromatic heterocycles. The number of carbonyl (C=O) groups excluding carboxylic acids is 1. The first-order valence-electron chi connectivity index (χ1n) is 12.0. The maximum atomic E-state index is 14.0. The Morgan fingerprint density at radius 3 is 2.26 bits per heavy atom. The highest BCUT2D eigenvalue weighted by molar-refractivity contribution is 7.80. The van der Waals surface area contributed by atoms with Gasteiger partial charge in [-0.25, -0.2) is 8.78 Å². The number of hydrogen-bond donors (Lipinski definition) is 0. The van der Waals surface area contributed by atoms with Crippen LogP contribution in [0, 0.1) is 23.5 Å². The minimum absolute atomic E-state index is 0.218. The van der Waals surface area contributed by atoms with Crippen LogP contribution in [-0.4, -0.2) is 41.5 Å². The quantitative estimate of drug-likeness (QED) is 0.194. The number of halogens is 2. The van der Waals surface area contributed by atoms with Crippen molar-refractivity contribution in [3.05, 3.63) is 93.7 Å². The summed E-state index contributed by atoms with van der Waals surface area (Å²) in [5.74, 6) is 0.363. The van der Waals surface area contributed by atoms with Gasteiger partial charge in [0.2, 0.25) is 5.78 Å². The molecular formula is C28H28F2NO2S2+. The fraction of sp³-hybridized carbons (Fsp3) is 0.357. The van der Waals surface area contributed by atoms with Crippen LogP contribution in [0.15, 0.2) is 66.0 Å². The first-order valence-corrected chi connectivity index (χ1v) is 13.3. The lowest BCUT2D eigenvalue weighted by Gasteiger charge is -2.52. The summed E-state index contributed by atoms with van der Waals surface area (Å²) in [6.07, 6.45) is 2.09. The Balaban J connectivity index is 1.30. The van der Waals surface area contributed by atoms with E-state index in [4.69, 9.17) is 17.0 Å².